The van der Waals surface area contributed by atoms with Crippen LogP contribution in [0.3, 0.4) is 0 Å². The molecule has 28 heavy (non-hydrogen) atoms. The van der Waals surface area contributed by atoms with E-state index in [4.69, 9.17) is 0 Å². The number of benzene rings is 2. The Kier molecular flexibility index (Phi) is 5.59. The molecule has 0 radical (unpaired) electrons. The topological polar surface area (TPSA) is 93.1 Å². The Morgan fingerprint density at radius 1 is 1.00 bits per heavy atom. The van der Waals surface area contributed by atoms with Crippen LogP contribution in [-0.4, -0.2) is 21.6 Å². The van der Waals surface area contributed by atoms with E-state index in [-0.39, 0.29) is 18.1 Å². The Labute approximate surface area is 159 Å². The van der Waals surface area contributed by atoms with E-state index in [1.165, 1.54) is 37.3 Å². The summed E-state index contributed by atoms with van der Waals surface area (Å²) >= 11 is 0. The molecule has 2 N–H and O–H groups in total. The summed E-state index contributed by atoms with van der Waals surface area (Å²) < 4.78 is 14.4. The molecule has 0 atom stereocenters. The first-order valence-corrected chi connectivity index (χ1v) is 8.42. The van der Waals surface area contributed by atoms with Crippen LogP contribution in [0, 0.1) is 5.82 Å². The molecule has 8 heteroatoms. The highest BCUT2D eigenvalue weighted by Crippen LogP contribution is 2.15. The standard InChI is InChI=1S/C20H17FN4O3/c1-13(26)22-16-6-3-7-17(11-16)23-20(28)18-8-9-19(27)25(24-18)12-14-4-2-5-15(21)10-14/h2-11H,12H2,1H3,(H,22,26)(H,23,28). The van der Waals surface area contributed by atoms with Crippen molar-refractivity contribution in [1.29, 1.82) is 0 Å². The van der Waals surface area contributed by atoms with Gasteiger partial charge >= 0.3 is 0 Å². The summed E-state index contributed by atoms with van der Waals surface area (Å²) in [5.74, 6) is -1.17. The molecule has 0 fully saturated rings. The molecular weight excluding hydrogens is 363 g/mol. The lowest BCUT2D eigenvalue weighted by Crippen LogP contribution is -2.26. The van der Waals surface area contributed by atoms with E-state index < -0.39 is 17.3 Å². The van der Waals surface area contributed by atoms with Crippen LogP contribution in [0.1, 0.15) is 23.0 Å². The minimum absolute atomic E-state index is 0.0286. The van der Waals surface area contributed by atoms with Crippen LogP contribution in [0.4, 0.5) is 15.8 Å². The zero-order valence-corrected chi connectivity index (χ0v) is 15.0. The fraction of sp³-hybridized carbons (Fsp3) is 0.100. The summed E-state index contributed by atoms with van der Waals surface area (Å²) in [6.45, 7) is 1.42. The number of halogens is 1. The van der Waals surface area contributed by atoms with Crippen molar-refractivity contribution >= 4 is 23.2 Å². The van der Waals surface area contributed by atoms with Crippen molar-refractivity contribution < 1.29 is 14.0 Å². The van der Waals surface area contributed by atoms with Gasteiger partial charge in [-0.25, -0.2) is 9.07 Å². The van der Waals surface area contributed by atoms with E-state index in [0.29, 0.717) is 16.9 Å². The van der Waals surface area contributed by atoms with Gasteiger partial charge in [-0.15, -0.1) is 0 Å². The minimum atomic E-state index is -0.520. The van der Waals surface area contributed by atoms with E-state index in [9.17, 15) is 18.8 Å². The van der Waals surface area contributed by atoms with Gasteiger partial charge in [0.1, 0.15) is 11.5 Å². The molecule has 0 spiro atoms. The molecule has 1 heterocycles. The van der Waals surface area contributed by atoms with Gasteiger partial charge in [-0.05, 0) is 42.0 Å². The van der Waals surface area contributed by atoms with Gasteiger partial charge in [0.05, 0.1) is 6.54 Å². The summed E-state index contributed by atoms with van der Waals surface area (Å²) in [6.07, 6.45) is 0. The molecule has 2 aromatic carbocycles. The number of aromatic nitrogens is 2. The van der Waals surface area contributed by atoms with Crippen molar-refractivity contribution in [2.75, 3.05) is 10.6 Å². The molecule has 1 aromatic heterocycles. The van der Waals surface area contributed by atoms with E-state index >= 15 is 0 Å². The fourth-order valence-electron chi connectivity index (χ4n) is 2.56. The number of hydrogen-bond donors (Lipinski definition) is 2. The SMILES string of the molecule is CC(=O)Nc1cccc(NC(=O)c2ccc(=O)n(Cc3cccc(F)c3)n2)c1. The smallest absolute Gasteiger partial charge is 0.276 e. The van der Waals surface area contributed by atoms with Gasteiger partial charge in [0.2, 0.25) is 5.91 Å². The Balaban J connectivity index is 1.79. The lowest BCUT2D eigenvalue weighted by Gasteiger charge is -2.09. The van der Waals surface area contributed by atoms with Gasteiger partial charge < -0.3 is 10.6 Å². The number of amides is 2. The molecule has 3 aromatic rings. The van der Waals surface area contributed by atoms with Gasteiger partial charge in [-0.3, -0.25) is 14.4 Å². The maximum absolute atomic E-state index is 13.3. The maximum Gasteiger partial charge on any atom is 0.276 e. The van der Waals surface area contributed by atoms with Crippen LogP contribution in [-0.2, 0) is 11.3 Å². The zero-order chi connectivity index (χ0) is 20.1. The Morgan fingerprint density at radius 3 is 2.43 bits per heavy atom. The number of nitrogens with one attached hydrogen (secondary N) is 2. The molecule has 0 aliphatic carbocycles. The summed E-state index contributed by atoms with van der Waals surface area (Å²) in [4.78, 5) is 35.6. The van der Waals surface area contributed by atoms with Gasteiger partial charge in [-0.2, -0.15) is 5.10 Å². The predicted molar refractivity (Wildman–Crippen MR) is 103 cm³/mol. The molecule has 0 saturated carbocycles. The first-order chi connectivity index (χ1) is 13.4. The number of anilines is 2. The monoisotopic (exact) mass is 380 g/mol. The quantitative estimate of drug-likeness (QED) is 0.712. The summed E-state index contributed by atoms with van der Waals surface area (Å²) in [5, 5.41) is 9.35. The lowest BCUT2D eigenvalue weighted by molar-refractivity contribution is -0.114. The van der Waals surface area contributed by atoms with Crippen LogP contribution in [0.25, 0.3) is 0 Å². The van der Waals surface area contributed by atoms with E-state index in [0.717, 1.165) is 4.68 Å². The molecule has 0 bridgehead atoms. The number of rotatable bonds is 5. The Bertz CT molecular complexity index is 1090. The van der Waals surface area contributed by atoms with Crippen LogP contribution in [0.2, 0.25) is 0 Å². The molecule has 0 saturated heterocycles. The van der Waals surface area contributed by atoms with Gasteiger partial charge in [-0.1, -0.05) is 18.2 Å². The van der Waals surface area contributed by atoms with Crippen LogP contribution in [0.15, 0.2) is 65.5 Å². The van der Waals surface area contributed by atoms with Crippen molar-refractivity contribution in [2.45, 2.75) is 13.5 Å². The third-order valence-electron chi connectivity index (χ3n) is 3.76. The highest BCUT2D eigenvalue weighted by atomic mass is 19.1. The maximum atomic E-state index is 13.3. The number of carbonyl (C=O) groups is 2. The summed E-state index contributed by atoms with van der Waals surface area (Å²) in [7, 11) is 0. The molecule has 3 rings (SSSR count). The summed E-state index contributed by atoms with van der Waals surface area (Å²) in [5.41, 5.74) is 1.17. The van der Waals surface area contributed by atoms with Crippen LogP contribution in [0.5, 0.6) is 0 Å². The molecule has 142 valence electrons. The lowest BCUT2D eigenvalue weighted by atomic mass is 10.2. The van der Waals surface area contributed by atoms with Crippen molar-refractivity contribution in [1.82, 2.24) is 9.78 Å². The second kappa shape index (κ2) is 8.26. The van der Waals surface area contributed by atoms with Crippen molar-refractivity contribution in [3.8, 4) is 0 Å². The van der Waals surface area contributed by atoms with Crippen molar-refractivity contribution in [2.24, 2.45) is 0 Å². The van der Waals surface area contributed by atoms with Gasteiger partial charge in [0.25, 0.3) is 11.5 Å². The third kappa shape index (κ3) is 4.88. The highest BCUT2D eigenvalue weighted by molar-refractivity contribution is 6.03. The van der Waals surface area contributed by atoms with Gasteiger partial charge in [0.15, 0.2) is 0 Å². The first kappa shape index (κ1) is 19.0. The molecule has 0 unspecified atom stereocenters. The Hall–Kier alpha value is -3.81. The van der Waals surface area contributed by atoms with E-state index in [1.807, 2.05) is 0 Å². The number of nitrogens with zero attached hydrogens (tertiary/aromatic N) is 2. The van der Waals surface area contributed by atoms with E-state index in [1.54, 1.807) is 30.3 Å². The van der Waals surface area contributed by atoms with Crippen LogP contribution >= 0.6 is 0 Å². The largest absolute Gasteiger partial charge is 0.326 e. The summed E-state index contributed by atoms with van der Waals surface area (Å²) in [6, 6.07) is 15.0. The molecule has 0 aliphatic heterocycles. The number of carbonyl (C=O) groups excluding carboxylic acids is 2. The predicted octanol–water partition coefficient (Wildman–Crippen LogP) is 2.64. The normalized spacial score (nSPS) is 10.4. The molecule has 7 nitrogen and oxygen atoms in total. The second-order valence-corrected chi connectivity index (χ2v) is 6.06. The second-order valence-electron chi connectivity index (χ2n) is 6.06. The average Bonchev–Trinajstić information content (AvgIpc) is 2.63. The third-order valence-corrected chi connectivity index (χ3v) is 3.76. The molecular formula is C20H17FN4O3. The molecule has 2 amide bonds. The van der Waals surface area contributed by atoms with E-state index in [2.05, 4.69) is 15.7 Å². The van der Waals surface area contributed by atoms with Crippen molar-refractivity contribution in [3.05, 3.63) is 88.1 Å². The minimum Gasteiger partial charge on any atom is -0.326 e. The first-order valence-electron chi connectivity index (χ1n) is 8.42. The zero-order valence-electron chi connectivity index (χ0n) is 15.0. The average molecular weight is 380 g/mol. The fourth-order valence-corrected chi connectivity index (χ4v) is 2.56. The molecule has 0 aliphatic rings. The van der Waals surface area contributed by atoms with Crippen LogP contribution < -0.4 is 16.2 Å². The van der Waals surface area contributed by atoms with Crippen molar-refractivity contribution in [3.63, 3.8) is 0 Å². The highest BCUT2D eigenvalue weighted by Gasteiger charge is 2.11. The number of hydrogen-bond acceptors (Lipinski definition) is 4. The van der Waals surface area contributed by atoms with Gasteiger partial charge in [0, 0.05) is 24.4 Å². The Morgan fingerprint density at radius 2 is 1.71 bits per heavy atom.